The monoisotopic (exact) mass is 446 g/mol. The van der Waals surface area contributed by atoms with Crippen molar-refractivity contribution < 1.29 is 14.8 Å². The maximum Gasteiger partial charge on any atom is 0.297 e. The number of aromatic hydroxyl groups is 1. The number of nitro benzene ring substituents is 1. The maximum absolute atomic E-state index is 13.2. The van der Waals surface area contributed by atoms with Crippen molar-refractivity contribution in [2.75, 3.05) is 6.61 Å². The average Bonchev–Trinajstić information content (AvgIpc) is 2.78. The fourth-order valence-corrected chi connectivity index (χ4v) is 3.97. The zero-order valence-corrected chi connectivity index (χ0v) is 19.6. The number of benzene rings is 1. The third-order valence-corrected chi connectivity index (χ3v) is 5.87. The van der Waals surface area contributed by atoms with E-state index in [2.05, 4.69) is 13.8 Å². The third kappa shape index (κ3) is 7.24. The van der Waals surface area contributed by atoms with E-state index in [4.69, 9.17) is 4.74 Å². The van der Waals surface area contributed by atoms with Crippen LogP contribution in [0.15, 0.2) is 23.0 Å². The normalized spacial score (nSPS) is 11.2. The summed E-state index contributed by atoms with van der Waals surface area (Å²) in [6.45, 7) is 5.15. The summed E-state index contributed by atoms with van der Waals surface area (Å²) in [5.74, 6) is -0.282. The molecule has 178 valence electrons. The number of unbranched alkanes of at least 4 members (excludes halogenated alkanes) is 10. The van der Waals surface area contributed by atoms with E-state index in [1.807, 2.05) is 0 Å². The van der Waals surface area contributed by atoms with Crippen molar-refractivity contribution in [3.63, 3.8) is 0 Å². The van der Waals surface area contributed by atoms with E-state index < -0.39 is 10.5 Å². The Morgan fingerprint density at radius 1 is 0.938 bits per heavy atom. The quantitative estimate of drug-likeness (QED) is 0.175. The molecule has 1 N–H and O–H groups in total. The molecule has 0 unspecified atom stereocenters. The lowest BCUT2D eigenvalue weighted by atomic mass is 10.1. The van der Waals surface area contributed by atoms with Crippen LogP contribution in [0.3, 0.4) is 0 Å². The van der Waals surface area contributed by atoms with Gasteiger partial charge in [-0.15, -0.1) is 0 Å². The molecule has 0 aliphatic carbocycles. The molecule has 2 aromatic rings. The molecule has 0 aliphatic rings. The molecule has 0 bridgehead atoms. The molecule has 7 heteroatoms. The first-order valence-corrected chi connectivity index (χ1v) is 12.2. The molecule has 1 heterocycles. The summed E-state index contributed by atoms with van der Waals surface area (Å²) < 4.78 is 7.27. The highest BCUT2D eigenvalue weighted by Gasteiger charge is 2.20. The average molecular weight is 447 g/mol. The molecule has 0 radical (unpaired) electrons. The van der Waals surface area contributed by atoms with Crippen molar-refractivity contribution >= 4 is 16.6 Å². The number of nitrogens with zero attached hydrogens (tertiary/aromatic N) is 2. The highest BCUT2D eigenvalue weighted by molar-refractivity contribution is 5.89. The largest absolute Gasteiger partial charge is 0.504 e. The van der Waals surface area contributed by atoms with E-state index in [1.54, 1.807) is 0 Å². The first kappa shape index (κ1) is 25.7. The molecular formula is C25H38N2O5. The summed E-state index contributed by atoms with van der Waals surface area (Å²) in [5, 5.41) is 22.4. The minimum absolute atomic E-state index is 0.0501. The third-order valence-electron chi connectivity index (χ3n) is 5.87. The van der Waals surface area contributed by atoms with Crippen LogP contribution in [0.5, 0.6) is 11.5 Å². The second-order valence-electron chi connectivity index (χ2n) is 8.48. The standard InChI is InChI=1S/C25H38N2O5/c1-3-5-7-9-11-13-17-26-22-19-20(27(30)31)15-16-21(22)23(28)24(25(26)29)32-18-14-12-10-8-6-4-2/h15-16,19,28H,3-14,17-18H2,1-2H3. The van der Waals surface area contributed by atoms with Crippen LogP contribution >= 0.6 is 0 Å². The van der Waals surface area contributed by atoms with Gasteiger partial charge in [0.25, 0.3) is 11.2 Å². The van der Waals surface area contributed by atoms with Gasteiger partial charge in [-0.2, -0.15) is 0 Å². The number of non-ortho nitro benzene ring substituents is 1. The number of aryl methyl sites for hydroxylation is 1. The van der Waals surface area contributed by atoms with Crippen molar-refractivity contribution in [2.24, 2.45) is 0 Å². The van der Waals surface area contributed by atoms with Gasteiger partial charge < -0.3 is 14.4 Å². The van der Waals surface area contributed by atoms with Gasteiger partial charge in [-0.25, -0.2) is 0 Å². The number of aromatic nitrogens is 1. The molecule has 0 saturated heterocycles. The SMILES string of the molecule is CCCCCCCCOc1c(O)c2ccc([N+](=O)[O-])cc2n(CCCCCCCC)c1=O. The summed E-state index contributed by atoms with van der Waals surface area (Å²) in [4.78, 5) is 23.9. The molecule has 0 aliphatic heterocycles. The Morgan fingerprint density at radius 3 is 2.16 bits per heavy atom. The van der Waals surface area contributed by atoms with Crippen molar-refractivity contribution in [3.8, 4) is 11.5 Å². The van der Waals surface area contributed by atoms with Gasteiger partial charge in [0, 0.05) is 24.1 Å². The first-order chi connectivity index (χ1) is 15.5. The first-order valence-electron chi connectivity index (χ1n) is 12.2. The van der Waals surface area contributed by atoms with Gasteiger partial charge in [-0.3, -0.25) is 14.9 Å². The van der Waals surface area contributed by atoms with Crippen LogP contribution in [0, 0.1) is 10.1 Å². The maximum atomic E-state index is 13.2. The van der Waals surface area contributed by atoms with E-state index in [1.165, 1.54) is 61.3 Å². The lowest BCUT2D eigenvalue weighted by Gasteiger charge is -2.15. The van der Waals surface area contributed by atoms with Crippen molar-refractivity contribution in [2.45, 2.75) is 97.4 Å². The molecule has 0 saturated carbocycles. The van der Waals surface area contributed by atoms with E-state index in [0.717, 1.165) is 38.5 Å². The van der Waals surface area contributed by atoms with Crippen LogP contribution in [0.1, 0.15) is 90.9 Å². The van der Waals surface area contributed by atoms with Crippen LogP contribution in [-0.4, -0.2) is 21.2 Å². The van der Waals surface area contributed by atoms with E-state index >= 15 is 0 Å². The Morgan fingerprint density at radius 2 is 1.53 bits per heavy atom. The van der Waals surface area contributed by atoms with Gasteiger partial charge in [0.2, 0.25) is 5.75 Å². The lowest BCUT2D eigenvalue weighted by molar-refractivity contribution is -0.384. The Kier molecular flexibility index (Phi) is 11.0. The van der Waals surface area contributed by atoms with Crippen molar-refractivity contribution in [1.82, 2.24) is 4.57 Å². The zero-order valence-electron chi connectivity index (χ0n) is 19.6. The Bertz CT molecular complexity index is 923. The Hall–Kier alpha value is -2.57. The topological polar surface area (TPSA) is 94.6 Å². The molecule has 2 rings (SSSR count). The molecular weight excluding hydrogens is 408 g/mol. The highest BCUT2D eigenvalue weighted by Crippen LogP contribution is 2.33. The van der Waals surface area contributed by atoms with Crippen LogP contribution in [0.4, 0.5) is 5.69 Å². The van der Waals surface area contributed by atoms with E-state index in [0.29, 0.717) is 24.1 Å². The van der Waals surface area contributed by atoms with E-state index in [-0.39, 0.29) is 17.2 Å². The number of fused-ring (bicyclic) bond motifs is 1. The van der Waals surface area contributed by atoms with Gasteiger partial charge in [-0.1, -0.05) is 78.1 Å². The molecule has 0 atom stereocenters. The van der Waals surface area contributed by atoms with Crippen molar-refractivity contribution in [3.05, 3.63) is 38.7 Å². The second-order valence-corrected chi connectivity index (χ2v) is 8.48. The van der Waals surface area contributed by atoms with Crippen LogP contribution < -0.4 is 10.3 Å². The van der Waals surface area contributed by atoms with Crippen LogP contribution in [0.25, 0.3) is 10.9 Å². The lowest BCUT2D eigenvalue weighted by Crippen LogP contribution is -2.23. The number of rotatable bonds is 16. The fourth-order valence-electron chi connectivity index (χ4n) is 3.97. The van der Waals surface area contributed by atoms with Gasteiger partial charge in [0.15, 0.2) is 5.75 Å². The number of ether oxygens (including phenoxy) is 1. The smallest absolute Gasteiger partial charge is 0.297 e. The van der Waals surface area contributed by atoms with E-state index in [9.17, 15) is 20.0 Å². The van der Waals surface area contributed by atoms with Crippen LogP contribution in [-0.2, 0) is 6.54 Å². The number of nitro groups is 1. The number of pyridine rings is 1. The fraction of sp³-hybridized carbons (Fsp3) is 0.640. The second kappa shape index (κ2) is 13.8. The Labute approximate surface area is 190 Å². The predicted molar refractivity (Wildman–Crippen MR) is 129 cm³/mol. The predicted octanol–water partition coefficient (Wildman–Crippen LogP) is 6.72. The van der Waals surface area contributed by atoms with Crippen LogP contribution in [0.2, 0.25) is 0 Å². The van der Waals surface area contributed by atoms with Gasteiger partial charge in [0.05, 0.1) is 17.0 Å². The van der Waals surface area contributed by atoms with Gasteiger partial charge in [-0.05, 0) is 18.9 Å². The summed E-state index contributed by atoms with van der Waals surface area (Å²) in [6, 6.07) is 4.21. The van der Waals surface area contributed by atoms with Crippen molar-refractivity contribution in [1.29, 1.82) is 0 Å². The van der Waals surface area contributed by atoms with Gasteiger partial charge in [0.1, 0.15) is 0 Å². The highest BCUT2D eigenvalue weighted by atomic mass is 16.6. The van der Waals surface area contributed by atoms with Gasteiger partial charge >= 0.3 is 0 Å². The number of hydrogen-bond acceptors (Lipinski definition) is 5. The molecule has 32 heavy (non-hydrogen) atoms. The summed E-state index contributed by atoms with van der Waals surface area (Å²) in [7, 11) is 0. The minimum Gasteiger partial charge on any atom is -0.504 e. The summed E-state index contributed by atoms with van der Waals surface area (Å²) in [6.07, 6.45) is 13.0. The Balaban J connectivity index is 2.21. The summed E-state index contributed by atoms with van der Waals surface area (Å²) in [5.41, 5.74) is -0.147. The molecule has 7 nitrogen and oxygen atoms in total. The molecule has 0 amide bonds. The minimum atomic E-state index is -0.487. The molecule has 0 spiro atoms. The molecule has 1 aromatic heterocycles. The number of hydrogen-bond donors (Lipinski definition) is 1. The molecule has 1 aromatic carbocycles. The summed E-state index contributed by atoms with van der Waals surface area (Å²) >= 11 is 0. The molecule has 0 fully saturated rings. The zero-order chi connectivity index (χ0) is 23.3.